The average molecular weight is 281 g/mol. The summed E-state index contributed by atoms with van der Waals surface area (Å²) in [7, 11) is 0. The van der Waals surface area contributed by atoms with E-state index in [9.17, 15) is 26.7 Å². The van der Waals surface area contributed by atoms with Gasteiger partial charge in [-0.05, 0) is 0 Å². The number of nitrogens with zero attached hydrogens (tertiary/aromatic N) is 1. The third-order valence-corrected chi connectivity index (χ3v) is 2.93. The first-order chi connectivity index (χ1) is 8.88. The lowest BCUT2D eigenvalue weighted by atomic mass is 9.99. The molecule has 19 heavy (non-hydrogen) atoms. The molecule has 1 aliphatic heterocycles. The maximum atomic E-state index is 13.3. The number of hydrogen-bond donors (Lipinski definition) is 1. The summed E-state index contributed by atoms with van der Waals surface area (Å²) in [4.78, 5) is 12.6. The van der Waals surface area contributed by atoms with Crippen molar-refractivity contribution in [2.75, 3.05) is 19.7 Å². The summed E-state index contributed by atoms with van der Waals surface area (Å²) in [5.41, 5.74) is -1.47. The molecule has 1 fully saturated rings. The van der Waals surface area contributed by atoms with Crippen LogP contribution in [0, 0.1) is 35.0 Å². The molecule has 0 unspecified atom stereocenters. The summed E-state index contributed by atoms with van der Waals surface area (Å²) in [6.45, 7) is -0.204. The fraction of sp³-hybridized carbons (Fsp3) is 0.364. The van der Waals surface area contributed by atoms with Gasteiger partial charge in [0.25, 0.3) is 5.91 Å². The number of amides is 1. The van der Waals surface area contributed by atoms with Crippen LogP contribution in [0.15, 0.2) is 0 Å². The Bertz CT molecular complexity index is 513. The Labute approximate surface area is 104 Å². The molecule has 0 spiro atoms. The van der Waals surface area contributed by atoms with Gasteiger partial charge in [-0.15, -0.1) is 0 Å². The van der Waals surface area contributed by atoms with Crippen LogP contribution in [0.3, 0.4) is 0 Å². The first-order valence-corrected chi connectivity index (χ1v) is 5.30. The van der Waals surface area contributed by atoms with Crippen molar-refractivity contribution < 1.29 is 31.9 Å². The lowest BCUT2D eigenvalue weighted by Crippen LogP contribution is -2.51. The molecule has 1 aromatic carbocycles. The first-order valence-electron chi connectivity index (χ1n) is 5.30. The zero-order chi connectivity index (χ0) is 14.3. The maximum Gasteiger partial charge on any atom is 0.260 e. The molecule has 0 atom stereocenters. The molecular formula is C11H8F5NO2. The fourth-order valence-electron chi connectivity index (χ4n) is 1.80. The van der Waals surface area contributed by atoms with Crippen LogP contribution in [-0.4, -0.2) is 35.6 Å². The predicted octanol–water partition coefficient (Wildman–Crippen LogP) is 1.45. The molecular weight excluding hydrogens is 273 g/mol. The fourth-order valence-corrected chi connectivity index (χ4v) is 1.80. The van der Waals surface area contributed by atoms with Crippen LogP contribution in [0.4, 0.5) is 22.0 Å². The van der Waals surface area contributed by atoms with Gasteiger partial charge >= 0.3 is 0 Å². The highest BCUT2D eigenvalue weighted by Crippen LogP contribution is 2.26. The first kappa shape index (κ1) is 13.7. The highest BCUT2D eigenvalue weighted by molar-refractivity contribution is 5.95. The van der Waals surface area contributed by atoms with Crippen LogP contribution >= 0.6 is 0 Å². The molecule has 1 aliphatic rings. The zero-order valence-electron chi connectivity index (χ0n) is 9.39. The van der Waals surface area contributed by atoms with Crippen molar-refractivity contribution in [3.63, 3.8) is 0 Å². The van der Waals surface area contributed by atoms with Crippen molar-refractivity contribution in [2.24, 2.45) is 5.92 Å². The topological polar surface area (TPSA) is 40.5 Å². The Morgan fingerprint density at radius 1 is 1.00 bits per heavy atom. The van der Waals surface area contributed by atoms with Gasteiger partial charge in [0, 0.05) is 25.6 Å². The number of likely N-dealkylation sites (tertiary alicyclic amines) is 1. The van der Waals surface area contributed by atoms with Crippen LogP contribution in [0.5, 0.6) is 0 Å². The monoisotopic (exact) mass is 281 g/mol. The van der Waals surface area contributed by atoms with Gasteiger partial charge in [0.05, 0.1) is 0 Å². The van der Waals surface area contributed by atoms with Crippen LogP contribution in [0.2, 0.25) is 0 Å². The van der Waals surface area contributed by atoms with Crippen LogP contribution in [0.25, 0.3) is 0 Å². The summed E-state index contributed by atoms with van der Waals surface area (Å²) >= 11 is 0. The SMILES string of the molecule is O=C(c1c(F)c(F)c(F)c(F)c1F)N1CC(CO)C1. The van der Waals surface area contributed by atoms with Gasteiger partial charge in [0.15, 0.2) is 23.3 Å². The molecule has 2 rings (SSSR count). The summed E-state index contributed by atoms with van der Waals surface area (Å²) in [5, 5.41) is 8.73. The summed E-state index contributed by atoms with van der Waals surface area (Å²) in [6.07, 6.45) is 0. The summed E-state index contributed by atoms with van der Waals surface area (Å²) in [5.74, 6) is -12.4. The van der Waals surface area contributed by atoms with E-state index in [-0.39, 0.29) is 25.6 Å². The average Bonchev–Trinajstić information content (AvgIpc) is 2.33. The third-order valence-electron chi connectivity index (χ3n) is 2.93. The number of hydrogen-bond acceptors (Lipinski definition) is 2. The van der Waals surface area contributed by atoms with Gasteiger partial charge in [0.2, 0.25) is 5.82 Å². The van der Waals surface area contributed by atoms with Gasteiger partial charge in [0.1, 0.15) is 5.56 Å². The minimum absolute atomic E-state index is 0.00876. The molecule has 1 amide bonds. The quantitative estimate of drug-likeness (QED) is 0.506. The van der Waals surface area contributed by atoms with Crippen molar-refractivity contribution in [1.82, 2.24) is 4.90 Å². The molecule has 104 valence electrons. The molecule has 1 saturated heterocycles. The van der Waals surface area contributed by atoms with Gasteiger partial charge in [-0.2, -0.15) is 0 Å². The second-order valence-corrected chi connectivity index (χ2v) is 4.20. The highest BCUT2D eigenvalue weighted by atomic mass is 19.2. The largest absolute Gasteiger partial charge is 0.396 e. The zero-order valence-corrected chi connectivity index (χ0v) is 9.39. The van der Waals surface area contributed by atoms with Gasteiger partial charge in [-0.3, -0.25) is 4.79 Å². The van der Waals surface area contributed by atoms with Gasteiger partial charge in [-0.25, -0.2) is 22.0 Å². The van der Waals surface area contributed by atoms with E-state index < -0.39 is 40.6 Å². The van der Waals surface area contributed by atoms with Gasteiger partial charge < -0.3 is 10.0 Å². The molecule has 0 saturated carbocycles. The van der Waals surface area contributed by atoms with E-state index in [1.54, 1.807) is 0 Å². The lowest BCUT2D eigenvalue weighted by Gasteiger charge is -2.38. The van der Waals surface area contributed by atoms with E-state index in [1.165, 1.54) is 0 Å². The smallest absolute Gasteiger partial charge is 0.260 e. The number of aliphatic hydroxyl groups excluding tert-OH is 1. The Balaban J connectivity index is 2.38. The number of aliphatic hydroxyl groups is 1. The Morgan fingerprint density at radius 2 is 1.42 bits per heavy atom. The molecule has 1 aromatic rings. The molecule has 0 aliphatic carbocycles. The molecule has 0 bridgehead atoms. The van der Waals surface area contributed by atoms with Crippen molar-refractivity contribution in [2.45, 2.75) is 0 Å². The minimum Gasteiger partial charge on any atom is -0.396 e. The number of carbonyl (C=O) groups excluding carboxylic acids is 1. The van der Waals surface area contributed by atoms with Crippen molar-refractivity contribution >= 4 is 5.91 Å². The highest BCUT2D eigenvalue weighted by Gasteiger charge is 2.36. The second-order valence-electron chi connectivity index (χ2n) is 4.20. The van der Waals surface area contributed by atoms with Crippen LogP contribution in [0.1, 0.15) is 10.4 Å². The van der Waals surface area contributed by atoms with E-state index in [0.717, 1.165) is 4.90 Å². The molecule has 8 heteroatoms. The Kier molecular flexibility index (Phi) is 3.44. The van der Waals surface area contributed by atoms with E-state index in [4.69, 9.17) is 5.11 Å². The molecule has 3 nitrogen and oxygen atoms in total. The summed E-state index contributed by atoms with van der Waals surface area (Å²) < 4.78 is 65.3. The summed E-state index contributed by atoms with van der Waals surface area (Å²) in [6, 6.07) is 0. The third kappa shape index (κ3) is 2.05. The van der Waals surface area contributed by atoms with E-state index in [2.05, 4.69) is 0 Å². The minimum atomic E-state index is -2.30. The molecule has 0 aromatic heterocycles. The molecule has 1 N–H and O–H groups in total. The number of benzene rings is 1. The number of carbonyl (C=O) groups is 1. The van der Waals surface area contributed by atoms with Gasteiger partial charge in [-0.1, -0.05) is 0 Å². The Hall–Kier alpha value is -1.70. The standard InChI is InChI=1S/C11H8F5NO2/c12-6-5(7(13)9(15)10(16)8(6)14)11(19)17-1-4(2-17)3-18/h4,18H,1-3H2. The van der Waals surface area contributed by atoms with E-state index >= 15 is 0 Å². The maximum absolute atomic E-state index is 13.3. The van der Waals surface area contributed by atoms with E-state index in [0.29, 0.717) is 0 Å². The molecule has 1 heterocycles. The molecule has 0 radical (unpaired) electrons. The Morgan fingerprint density at radius 3 is 1.84 bits per heavy atom. The van der Waals surface area contributed by atoms with Crippen molar-refractivity contribution in [1.29, 1.82) is 0 Å². The van der Waals surface area contributed by atoms with Crippen LogP contribution < -0.4 is 0 Å². The second kappa shape index (κ2) is 4.76. The number of rotatable bonds is 2. The van der Waals surface area contributed by atoms with Crippen molar-refractivity contribution in [3.8, 4) is 0 Å². The predicted molar refractivity (Wildman–Crippen MR) is 52.7 cm³/mol. The lowest BCUT2D eigenvalue weighted by molar-refractivity contribution is 0.0351. The normalized spacial score (nSPS) is 15.6. The van der Waals surface area contributed by atoms with Crippen molar-refractivity contribution in [3.05, 3.63) is 34.6 Å². The van der Waals surface area contributed by atoms with E-state index in [1.807, 2.05) is 0 Å². The van der Waals surface area contributed by atoms with Crippen LogP contribution in [-0.2, 0) is 0 Å². The number of halogens is 5.